The molecule has 0 bridgehead atoms. The molecule has 2 aromatic heterocycles. The molecule has 0 N–H and O–H groups in total. The minimum atomic E-state index is -0.504. The summed E-state index contributed by atoms with van der Waals surface area (Å²) in [5.41, 5.74) is 20.3. The normalized spacial score (nSPS) is 13.1. The van der Waals surface area contributed by atoms with Crippen molar-refractivity contribution in [3.63, 3.8) is 0 Å². The van der Waals surface area contributed by atoms with Gasteiger partial charge in [0, 0.05) is 38.2 Å². The molecule has 2 heterocycles. The van der Waals surface area contributed by atoms with Gasteiger partial charge in [-0.25, -0.2) is 0 Å². The van der Waals surface area contributed by atoms with Crippen LogP contribution in [0.25, 0.3) is 93.6 Å². The summed E-state index contributed by atoms with van der Waals surface area (Å²) in [6.45, 7) is 0. The van der Waals surface area contributed by atoms with Crippen molar-refractivity contribution in [1.29, 1.82) is 0 Å². The Morgan fingerprint density at radius 2 is 0.824 bits per heavy atom. The Kier molecular flexibility index (Phi) is 7.71. The number of furan rings is 1. The zero-order valence-electron chi connectivity index (χ0n) is 36.9. The molecule has 2 aliphatic carbocycles. The Labute approximate surface area is 393 Å². The van der Waals surface area contributed by atoms with Gasteiger partial charge in [-0.3, -0.25) is 0 Å². The van der Waals surface area contributed by atoms with Crippen molar-refractivity contribution in [2.45, 2.75) is 5.41 Å². The molecule has 0 fully saturated rings. The summed E-state index contributed by atoms with van der Waals surface area (Å²) >= 11 is 0. The summed E-state index contributed by atoms with van der Waals surface area (Å²) < 4.78 is 9.46. The van der Waals surface area contributed by atoms with Gasteiger partial charge in [0.1, 0.15) is 11.2 Å². The van der Waals surface area contributed by atoms with E-state index in [0.717, 1.165) is 72.2 Å². The molecule has 15 rings (SSSR count). The second-order valence-corrected chi connectivity index (χ2v) is 18.3. The molecule has 316 valence electrons. The second-order valence-electron chi connectivity index (χ2n) is 18.3. The van der Waals surface area contributed by atoms with Crippen molar-refractivity contribution >= 4 is 71.6 Å². The van der Waals surface area contributed by atoms with Crippen LogP contribution in [0.15, 0.2) is 247 Å². The second kappa shape index (κ2) is 14.0. The highest BCUT2D eigenvalue weighted by Gasteiger charge is 2.52. The van der Waals surface area contributed by atoms with Gasteiger partial charge in [0.15, 0.2) is 0 Å². The van der Waals surface area contributed by atoms with Crippen molar-refractivity contribution in [3.8, 4) is 39.1 Å². The Hall–Kier alpha value is -8.92. The van der Waals surface area contributed by atoms with Crippen molar-refractivity contribution in [2.75, 3.05) is 4.90 Å². The van der Waals surface area contributed by atoms with Gasteiger partial charge in [0.2, 0.25) is 0 Å². The zero-order chi connectivity index (χ0) is 44.5. The van der Waals surface area contributed by atoms with Crippen LogP contribution in [0.2, 0.25) is 0 Å². The number of benzene rings is 11. The van der Waals surface area contributed by atoms with Crippen LogP contribution in [0.1, 0.15) is 22.3 Å². The maximum Gasteiger partial charge on any atom is 0.143 e. The molecule has 13 aromatic rings. The third-order valence-electron chi connectivity index (χ3n) is 15.0. The number of hydrogen-bond acceptors (Lipinski definition) is 2. The van der Waals surface area contributed by atoms with Gasteiger partial charge < -0.3 is 13.9 Å². The van der Waals surface area contributed by atoms with Crippen molar-refractivity contribution < 1.29 is 4.42 Å². The molecule has 0 atom stereocenters. The Bertz CT molecular complexity index is 4140. The SMILES string of the molecule is c1ccc(N(c2ccccc2-n2c3ccccc3c3ccccc32)c2cccc3c2-c2ccccc2C32c3ccccc3-c3ccccc32)c(-c2cccc3c2oc2cc4ccccc4cc23)c1. The Morgan fingerprint density at radius 1 is 0.338 bits per heavy atom. The van der Waals surface area contributed by atoms with Gasteiger partial charge in [-0.05, 0) is 98.2 Å². The molecule has 0 saturated carbocycles. The lowest BCUT2D eigenvalue weighted by atomic mass is 9.70. The quantitative estimate of drug-likeness (QED) is 0.172. The fourth-order valence-corrected chi connectivity index (χ4v) is 12.3. The number of aromatic nitrogens is 1. The molecule has 0 unspecified atom stereocenters. The molecule has 0 saturated heterocycles. The van der Waals surface area contributed by atoms with Crippen molar-refractivity contribution in [3.05, 3.63) is 265 Å². The molecular formula is C65H40N2O. The maximum absolute atomic E-state index is 7.00. The van der Waals surface area contributed by atoms with Gasteiger partial charge in [0.05, 0.1) is 39.2 Å². The van der Waals surface area contributed by atoms with Crippen LogP contribution in [-0.4, -0.2) is 4.57 Å². The lowest BCUT2D eigenvalue weighted by molar-refractivity contribution is 0.670. The van der Waals surface area contributed by atoms with E-state index in [0.29, 0.717) is 0 Å². The van der Waals surface area contributed by atoms with Crippen LogP contribution < -0.4 is 4.90 Å². The first-order chi connectivity index (χ1) is 33.8. The lowest BCUT2D eigenvalue weighted by Crippen LogP contribution is -2.26. The van der Waals surface area contributed by atoms with E-state index in [-0.39, 0.29) is 0 Å². The summed E-state index contributed by atoms with van der Waals surface area (Å²) in [5.74, 6) is 0. The van der Waals surface area contributed by atoms with Gasteiger partial charge in [0.25, 0.3) is 0 Å². The monoisotopic (exact) mass is 864 g/mol. The van der Waals surface area contributed by atoms with Gasteiger partial charge in [-0.1, -0.05) is 194 Å². The number of nitrogens with zero attached hydrogens (tertiary/aromatic N) is 2. The number of rotatable bonds is 5. The first-order valence-electron chi connectivity index (χ1n) is 23.5. The molecule has 68 heavy (non-hydrogen) atoms. The zero-order valence-corrected chi connectivity index (χ0v) is 36.9. The van der Waals surface area contributed by atoms with E-state index in [9.17, 15) is 0 Å². The number of fused-ring (bicyclic) bond motifs is 17. The predicted octanol–water partition coefficient (Wildman–Crippen LogP) is 17.3. The molecule has 0 radical (unpaired) electrons. The third-order valence-corrected chi connectivity index (χ3v) is 15.0. The fourth-order valence-electron chi connectivity index (χ4n) is 12.3. The molecule has 2 aliphatic rings. The van der Waals surface area contributed by atoms with Crippen LogP contribution in [0.3, 0.4) is 0 Å². The number of anilines is 3. The molecule has 11 aromatic carbocycles. The molecule has 3 nitrogen and oxygen atoms in total. The van der Waals surface area contributed by atoms with Gasteiger partial charge in [-0.15, -0.1) is 0 Å². The summed E-state index contributed by atoms with van der Waals surface area (Å²) in [6.07, 6.45) is 0. The van der Waals surface area contributed by atoms with Crippen LogP contribution in [0, 0.1) is 0 Å². The van der Waals surface area contributed by atoms with E-state index in [2.05, 4.69) is 252 Å². The minimum absolute atomic E-state index is 0.504. The lowest BCUT2D eigenvalue weighted by Gasteiger charge is -2.33. The average molecular weight is 865 g/mol. The van der Waals surface area contributed by atoms with Crippen molar-refractivity contribution in [2.24, 2.45) is 0 Å². The standard InChI is InChI=1S/C65H40N2O/c1-2-20-42-40-62-51(39-41(42)19-1)49-28-17-27-48(64(49)68-62)47-25-8-14-35-58(47)67(60-37-16-15-36-59(60)66-56-33-12-6-23-45(56)46-24-7-13-34-57(46)66)61-38-18-32-55-63(61)50-26-5-11-31-54(50)65(55)52-29-9-3-21-43(52)44-22-4-10-30-53(44)65/h1-40H. The highest BCUT2D eigenvalue weighted by Crippen LogP contribution is 2.65. The topological polar surface area (TPSA) is 21.3 Å². The van der Waals surface area contributed by atoms with E-state index in [4.69, 9.17) is 4.42 Å². The highest BCUT2D eigenvalue weighted by molar-refractivity contribution is 6.15. The third kappa shape index (κ3) is 4.92. The molecule has 0 aliphatic heterocycles. The number of para-hydroxylation sites is 6. The first kappa shape index (κ1) is 37.3. The van der Waals surface area contributed by atoms with Crippen molar-refractivity contribution in [1.82, 2.24) is 4.57 Å². The van der Waals surface area contributed by atoms with E-state index in [1.165, 1.54) is 60.7 Å². The molecular weight excluding hydrogens is 825 g/mol. The molecule has 1 spiro atoms. The number of hydrogen-bond donors (Lipinski definition) is 0. The van der Waals surface area contributed by atoms with Gasteiger partial charge >= 0.3 is 0 Å². The van der Waals surface area contributed by atoms with Crippen LogP contribution in [0.4, 0.5) is 17.1 Å². The van der Waals surface area contributed by atoms with Crippen LogP contribution in [0.5, 0.6) is 0 Å². The van der Waals surface area contributed by atoms with E-state index >= 15 is 0 Å². The van der Waals surface area contributed by atoms with Crippen LogP contribution in [-0.2, 0) is 5.41 Å². The summed E-state index contributed by atoms with van der Waals surface area (Å²) in [5, 5.41) is 7.03. The molecule has 0 amide bonds. The Balaban J connectivity index is 1.06. The predicted molar refractivity (Wildman–Crippen MR) is 282 cm³/mol. The highest BCUT2D eigenvalue weighted by atomic mass is 16.3. The summed E-state index contributed by atoms with van der Waals surface area (Å²) in [4.78, 5) is 2.55. The maximum atomic E-state index is 7.00. The summed E-state index contributed by atoms with van der Waals surface area (Å²) in [7, 11) is 0. The largest absolute Gasteiger partial charge is 0.455 e. The minimum Gasteiger partial charge on any atom is -0.455 e. The van der Waals surface area contributed by atoms with E-state index < -0.39 is 5.41 Å². The fraction of sp³-hybridized carbons (Fsp3) is 0.0154. The smallest absolute Gasteiger partial charge is 0.143 e. The average Bonchev–Trinajstić information content (AvgIpc) is 4.12. The summed E-state index contributed by atoms with van der Waals surface area (Å²) in [6, 6.07) is 89.4. The van der Waals surface area contributed by atoms with Gasteiger partial charge in [-0.2, -0.15) is 0 Å². The first-order valence-corrected chi connectivity index (χ1v) is 23.5. The Morgan fingerprint density at radius 3 is 1.54 bits per heavy atom. The van der Waals surface area contributed by atoms with E-state index in [1.807, 2.05) is 0 Å². The van der Waals surface area contributed by atoms with Crippen LogP contribution >= 0.6 is 0 Å². The van der Waals surface area contributed by atoms with E-state index in [1.54, 1.807) is 0 Å². The molecule has 3 heteroatoms.